The van der Waals surface area contributed by atoms with Crippen LogP contribution in [0.3, 0.4) is 0 Å². The van der Waals surface area contributed by atoms with E-state index < -0.39 is 49.8 Å². The van der Waals surface area contributed by atoms with Gasteiger partial charge >= 0.3 is 30.7 Å². The number of aromatic nitrogens is 7. The van der Waals surface area contributed by atoms with E-state index in [2.05, 4.69) is 75.9 Å². The minimum atomic E-state index is -3.92. The van der Waals surface area contributed by atoms with Crippen LogP contribution in [-0.4, -0.2) is 91.3 Å². The molecule has 408 valence electrons. The molecule has 4 aromatic carbocycles. The lowest BCUT2D eigenvalue weighted by Gasteiger charge is -2.32. The smallest absolute Gasteiger partial charge is 0.497 e. The molecule has 0 unspecified atom stereocenters. The number of nitrogens with one attached hydrogen (secondary N) is 1. The first kappa shape index (κ1) is 57.5. The third-order valence-corrected chi connectivity index (χ3v) is 16.3. The van der Waals surface area contributed by atoms with Crippen LogP contribution in [-0.2, 0) is 53.7 Å². The Balaban J connectivity index is 0.000000187. The van der Waals surface area contributed by atoms with E-state index in [1.54, 1.807) is 55.8 Å². The second kappa shape index (κ2) is 23.7. The van der Waals surface area contributed by atoms with E-state index in [1.165, 1.54) is 21.8 Å². The van der Waals surface area contributed by atoms with Gasteiger partial charge in [-0.25, -0.2) is 25.8 Å². The van der Waals surface area contributed by atoms with Crippen molar-refractivity contribution in [2.45, 2.75) is 75.5 Å². The van der Waals surface area contributed by atoms with E-state index in [4.69, 9.17) is 37.0 Å². The SMILES string of the molecule is COc1ccc(CNc2nnc(-c3ccc4c(c3)c(B3OC(C)(C)C(C)(C)O3)cn4S(=O)(=O)c3ccc(C)cc3)o2)cc1.CS(=O)(=O)c1ccc(Br)nc1.Cc1ccc(C2=CCc3ccc(-c4nnc(N)o4)cc32)nc1.O=S=O. The molecular weight excluding hydrogens is 1140 g/mol. The van der Waals surface area contributed by atoms with E-state index in [0.717, 1.165) is 57.5 Å². The summed E-state index contributed by atoms with van der Waals surface area (Å²) in [5, 5.41) is 19.8. The third kappa shape index (κ3) is 13.3. The summed E-state index contributed by atoms with van der Waals surface area (Å²) in [5.41, 5.74) is 14.5. The van der Waals surface area contributed by atoms with Crippen LogP contribution >= 0.6 is 15.9 Å². The predicted octanol–water partition coefficient (Wildman–Crippen LogP) is 8.74. The van der Waals surface area contributed by atoms with Crippen molar-refractivity contribution in [2.75, 3.05) is 24.4 Å². The summed E-state index contributed by atoms with van der Waals surface area (Å²) < 4.78 is 97.1. The number of ether oxygens (including phenoxy) is 1. The lowest BCUT2D eigenvalue weighted by Crippen LogP contribution is -2.41. The number of sulfone groups is 1. The van der Waals surface area contributed by atoms with Crippen LogP contribution in [0.5, 0.6) is 5.75 Å². The Kier molecular flexibility index (Phi) is 17.3. The van der Waals surface area contributed by atoms with Crippen molar-refractivity contribution in [3.8, 4) is 28.7 Å². The van der Waals surface area contributed by atoms with Gasteiger partial charge in [-0.3, -0.25) is 4.98 Å². The van der Waals surface area contributed by atoms with Gasteiger partial charge in [0.2, 0.25) is 11.8 Å². The first-order valence-electron chi connectivity index (χ1n) is 24.1. The maximum absolute atomic E-state index is 13.9. The van der Waals surface area contributed by atoms with Crippen LogP contribution in [0.4, 0.5) is 12.0 Å². The summed E-state index contributed by atoms with van der Waals surface area (Å²) in [7, 11) is -6.19. The number of rotatable bonds is 11. The molecule has 0 bridgehead atoms. The van der Waals surface area contributed by atoms with Gasteiger partial charge in [-0.05, 0) is 159 Å². The fourth-order valence-corrected chi connectivity index (χ4v) is 10.3. The van der Waals surface area contributed by atoms with E-state index >= 15 is 0 Å². The highest BCUT2D eigenvalue weighted by molar-refractivity contribution is 9.10. The molecule has 6 heterocycles. The molecule has 1 fully saturated rings. The molecule has 1 aliphatic carbocycles. The summed E-state index contributed by atoms with van der Waals surface area (Å²) in [4.78, 5) is 8.73. The van der Waals surface area contributed by atoms with Crippen LogP contribution in [0, 0.1) is 13.8 Å². The van der Waals surface area contributed by atoms with Crippen molar-refractivity contribution in [3.63, 3.8) is 0 Å². The van der Waals surface area contributed by atoms with Crippen molar-refractivity contribution in [2.24, 2.45) is 0 Å². The highest BCUT2D eigenvalue weighted by Crippen LogP contribution is 2.39. The lowest BCUT2D eigenvalue weighted by molar-refractivity contribution is 0.00578. The van der Waals surface area contributed by atoms with Crippen molar-refractivity contribution in [1.29, 1.82) is 0 Å². The molecule has 2 aliphatic rings. The van der Waals surface area contributed by atoms with Crippen LogP contribution in [0.15, 0.2) is 157 Å². The Morgan fingerprint density at radius 3 is 2.00 bits per heavy atom. The molecule has 5 aromatic heterocycles. The Bertz CT molecular complexity index is 3930. The highest BCUT2D eigenvalue weighted by atomic mass is 79.9. The van der Waals surface area contributed by atoms with E-state index in [1.807, 2.05) is 90.2 Å². The molecule has 0 radical (unpaired) electrons. The summed E-state index contributed by atoms with van der Waals surface area (Å²) in [5.74, 6) is 1.50. The largest absolute Gasteiger partial charge is 0.497 e. The van der Waals surface area contributed by atoms with Crippen molar-refractivity contribution in [3.05, 3.63) is 172 Å². The molecule has 20 nitrogen and oxygen atoms in total. The maximum Gasteiger partial charge on any atom is 0.497 e. The molecule has 25 heteroatoms. The number of methoxy groups -OCH3 is 1. The number of nitrogens with zero attached hydrogens (tertiary/aromatic N) is 7. The number of anilines is 2. The number of halogens is 1. The zero-order valence-corrected chi connectivity index (χ0v) is 48.0. The van der Waals surface area contributed by atoms with Crippen LogP contribution in [0.25, 0.3) is 39.4 Å². The summed E-state index contributed by atoms with van der Waals surface area (Å²) in [6.45, 7) is 12.3. The molecule has 0 spiro atoms. The fourth-order valence-electron chi connectivity index (χ4n) is 8.13. The van der Waals surface area contributed by atoms with E-state index in [0.29, 0.717) is 39.0 Å². The van der Waals surface area contributed by atoms with Gasteiger partial charge in [-0.2, -0.15) is 8.42 Å². The number of aryl methyl sites for hydroxylation is 2. The van der Waals surface area contributed by atoms with Gasteiger partial charge < -0.3 is 33.9 Å². The lowest BCUT2D eigenvalue weighted by atomic mass is 9.79. The monoisotopic (exact) mass is 1190 g/mol. The minimum Gasteiger partial charge on any atom is -0.497 e. The Labute approximate surface area is 468 Å². The first-order chi connectivity index (χ1) is 37.5. The van der Waals surface area contributed by atoms with Crippen molar-refractivity contribution < 1.29 is 48.1 Å². The van der Waals surface area contributed by atoms with Gasteiger partial charge in [-0.15, -0.1) is 10.2 Å². The molecule has 1 aliphatic heterocycles. The minimum absolute atomic E-state index is 0.0754. The zero-order chi connectivity index (χ0) is 56.9. The number of nitrogen functional groups attached to an aromatic ring is 1. The molecule has 1 saturated heterocycles. The van der Waals surface area contributed by atoms with Crippen molar-refractivity contribution >= 4 is 88.4 Å². The van der Waals surface area contributed by atoms with Gasteiger partial charge in [0.05, 0.1) is 39.3 Å². The quantitative estimate of drug-likeness (QED) is 0.0904. The average Bonchev–Trinajstić information content (AvgIpc) is 4.37. The van der Waals surface area contributed by atoms with Crippen LogP contribution < -0.4 is 21.3 Å². The van der Waals surface area contributed by atoms with E-state index in [-0.39, 0.29) is 27.7 Å². The standard InChI is InChI=1S/C31H33BN4O6S.C17H14N4O.C6H6BrNO2S.O2S/c1-20-7-14-24(15-8-20)43(37,38)36-19-26(32-41-30(2,3)31(4,5)42-32)25-17-22(11-16-27(25)36)28-34-35-29(40-28)33-18-21-9-12-23(39-6)13-10-21;1-10-2-7-15(19-9-10)13-6-5-11-3-4-12(8-14(11)13)16-20-21-17(18)22-16;1-11(9,10)5-2-3-6(7)8-4-5;1-3-2/h7-17,19H,18H2,1-6H3,(H,33,35);2-4,6-9H,5H2,1H3,(H2,18,21);2-4H,1H3;. The third-order valence-electron chi connectivity index (χ3n) is 13.1. The molecule has 11 rings (SSSR count). The molecule has 0 amide bonds. The summed E-state index contributed by atoms with van der Waals surface area (Å²) in [6.07, 6.45) is 9.05. The summed E-state index contributed by atoms with van der Waals surface area (Å²) >= 11 is 2.36. The number of benzene rings is 4. The van der Waals surface area contributed by atoms with E-state index in [9.17, 15) is 16.8 Å². The van der Waals surface area contributed by atoms with Gasteiger partial charge in [0.1, 0.15) is 10.4 Å². The normalized spacial score (nSPS) is 14.1. The topological polar surface area (TPSA) is 277 Å². The predicted molar refractivity (Wildman–Crippen MR) is 303 cm³/mol. The van der Waals surface area contributed by atoms with Gasteiger partial charge in [-0.1, -0.05) is 58.2 Å². The van der Waals surface area contributed by atoms with Gasteiger partial charge in [0.25, 0.3) is 10.0 Å². The first-order valence-corrected chi connectivity index (χ1v) is 28.9. The number of pyridine rings is 2. The van der Waals surface area contributed by atoms with Gasteiger partial charge in [0, 0.05) is 58.9 Å². The average molecular weight is 1190 g/mol. The van der Waals surface area contributed by atoms with Crippen molar-refractivity contribution in [1.82, 2.24) is 34.3 Å². The number of nitrogens with two attached hydrogens (primary N) is 1. The number of fused-ring (bicyclic) bond motifs is 2. The second-order valence-corrected chi connectivity index (χ2v) is 23.9. The second-order valence-electron chi connectivity index (χ2n) is 19.1. The number of hydrogen-bond acceptors (Lipinski definition) is 19. The molecule has 3 N–H and O–H groups in total. The molecule has 79 heavy (non-hydrogen) atoms. The van der Waals surface area contributed by atoms with Crippen LogP contribution in [0.1, 0.15) is 61.2 Å². The fraction of sp³-hybridized carbons (Fsp3) is 0.222. The Morgan fingerprint density at radius 2 is 1.39 bits per heavy atom. The maximum atomic E-state index is 13.9. The zero-order valence-electron chi connectivity index (χ0n) is 44.0. The van der Waals surface area contributed by atoms with Crippen LogP contribution in [0.2, 0.25) is 0 Å². The number of allylic oxidation sites excluding steroid dienone is 1. The molecule has 9 aromatic rings. The number of hydrogen-bond donors (Lipinski definition) is 2. The molecule has 0 saturated carbocycles. The molecular formula is C54H53BBrN9O11S3. The molecule has 0 atom stereocenters. The Hall–Kier alpha value is -7.68. The van der Waals surface area contributed by atoms with Gasteiger partial charge in [0.15, 0.2) is 9.84 Å². The highest BCUT2D eigenvalue weighted by Gasteiger charge is 2.52. The Morgan fingerprint density at radius 1 is 0.759 bits per heavy atom. The summed E-state index contributed by atoms with van der Waals surface area (Å²) in [6, 6.07) is 33.4.